The van der Waals surface area contributed by atoms with Crippen molar-refractivity contribution in [2.45, 2.75) is 26.8 Å². The van der Waals surface area contributed by atoms with Crippen molar-refractivity contribution in [3.8, 4) is 0 Å². The fraction of sp³-hybridized carbons (Fsp3) is 0.385. The van der Waals surface area contributed by atoms with Gasteiger partial charge >= 0.3 is 12.0 Å². The van der Waals surface area contributed by atoms with Crippen LogP contribution >= 0.6 is 23.2 Å². The number of anilines is 1. The zero-order valence-electron chi connectivity index (χ0n) is 11.3. The molecule has 0 aliphatic heterocycles. The molecule has 110 valence electrons. The van der Waals surface area contributed by atoms with E-state index in [2.05, 4.69) is 10.6 Å². The lowest BCUT2D eigenvalue weighted by atomic mass is 9.87. The SMILES string of the molecule is CC(C)(C)[C@H](NC(=O)Nc1ccc(Cl)cc1Cl)C(=O)O. The molecule has 0 fully saturated rings. The van der Waals surface area contributed by atoms with Crippen LogP contribution in [0.25, 0.3) is 0 Å². The molecule has 0 bridgehead atoms. The van der Waals surface area contributed by atoms with Crippen LogP contribution < -0.4 is 10.6 Å². The summed E-state index contributed by atoms with van der Waals surface area (Å²) in [6.45, 7) is 5.17. The Kier molecular flexibility index (Phi) is 5.25. The number of amides is 2. The van der Waals surface area contributed by atoms with Crippen LogP contribution in [-0.4, -0.2) is 23.1 Å². The second-order valence-electron chi connectivity index (χ2n) is 5.36. The molecule has 0 spiro atoms. The molecule has 1 atom stereocenters. The summed E-state index contributed by atoms with van der Waals surface area (Å²) in [6.07, 6.45) is 0. The molecule has 0 aliphatic rings. The highest BCUT2D eigenvalue weighted by molar-refractivity contribution is 6.36. The molecule has 2 amide bonds. The summed E-state index contributed by atoms with van der Waals surface area (Å²) in [6, 6.07) is 2.93. The molecule has 0 saturated heterocycles. The molecule has 7 heteroatoms. The van der Waals surface area contributed by atoms with Gasteiger partial charge in [0.05, 0.1) is 10.7 Å². The molecule has 20 heavy (non-hydrogen) atoms. The third-order valence-corrected chi connectivity index (χ3v) is 3.12. The summed E-state index contributed by atoms with van der Waals surface area (Å²) in [7, 11) is 0. The number of rotatable bonds is 3. The van der Waals surface area contributed by atoms with Crippen LogP contribution in [0.3, 0.4) is 0 Å². The van der Waals surface area contributed by atoms with E-state index in [9.17, 15) is 9.59 Å². The van der Waals surface area contributed by atoms with E-state index in [0.29, 0.717) is 10.7 Å². The van der Waals surface area contributed by atoms with Gasteiger partial charge in [0.15, 0.2) is 0 Å². The number of nitrogens with one attached hydrogen (secondary N) is 2. The normalized spacial score (nSPS) is 12.7. The second-order valence-corrected chi connectivity index (χ2v) is 6.20. The highest BCUT2D eigenvalue weighted by Crippen LogP contribution is 2.25. The highest BCUT2D eigenvalue weighted by atomic mass is 35.5. The Morgan fingerprint density at radius 2 is 1.85 bits per heavy atom. The van der Waals surface area contributed by atoms with Crippen molar-refractivity contribution in [2.24, 2.45) is 5.41 Å². The minimum absolute atomic E-state index is 0.273. The van der Waals surface area contributed by atoms with Gasteiger partial charge in [-0.05, 0) is 23.6 Å². The van der Waals surface area contributed by atoms with Gasteiger partial charge in [-0.25, -0.2) is 9.59 Å². The summed E-state index contributed by atoms with van der Waals surface area (Å²) < 4.78 is 0. The first-order valence-corrected chi connectivity index (χ1v) is 6.62. The topological polar surface area (TPSA) is 78.4 Å². The van der Waals surface area contributed by atoms with Crippen LogP contribution in [0.15, 0.2) is 18.2 Å². The molecule has 3 N–H and O–H groups in total. The van der Waals surface area contributed by atoms with E-state index in [1.165, 1.54) is 12.1 Å². The van der Waals surface area contributed by atoms with Gasteiger partial charge in [0.2, 0.25) is 0 Å². The third kappa shape index (κ3) is 4.58. The van der Waals surface area contributed by atoms with Crippen molar-refractivity contribution < 1.29 is 14.7 Å². The molecule has 0 saturated carbocycles. The lowest BCUT2D eigenvalue weighted by Gasteiger charge is -2.27. The average Bonchev–Trinajstić information content (AvgIpc) is 2.28. The Hall–Kier alpha value is -1.46. The lowest BCUT2D eigenvalue weighted by Crippen LogP contribution is -2.50. The maximum Gasteiger partial charge on any atom is 0.326 e. The summed E-state index contributed by atoms with van der Waals surface area (Å²) in [4.78, 5) is 23.0. The summed E-state index contributed by atoms with van der Waals surface area (Å²) in [5.74, 6) is -1.10. The zero-order valence-corrected chi connectivity index (χ0v) is 12.8. The number of carbonyl (C=O) groups is 2. The summed E-state index contributed by atoms with van der Waals surface area (Å²) in [5, 5.41) is 14.7. The summed E-state index contributed by atoms with van der Waals surface area (Å²) >= 11 is 11.7. The predicted molar refractivity (Wildman–Crippen MR) is 79.5 cm³/mol. The first-order chi connectivity index (χ1) is 9.11. The van der Waals surface area contributed by atoms with Crippen molar-refractivity contribution in [2.75, 3.05) is 5.32 Å². The minimum Gasteiger partial charge on any atom is -0.480 e. The standard InChI is InChI=1S/C13H16Cl2N2O3/c1-13(2,3)10(11(18)19)17-12(20)16-9-5-4-7(14)6-8(9)15/h4-6,10H,1-3H3,(H,18,19)(H2,16,17,20)/t10-/m1/s1. The van der Waals surface area contributed by atoms with Crippen molar-refractivity contribution in [1.82, 2.24) is 5.32 Å². The number of hydrogen-bond acceptors (Lipinski definition) is 2. The quantitative estimate of drug-likeness (QED) is 0.796. The van der Waals surface area contributed by atoms with E-state index in [0.717, 1.165) is 0 Å². The molecular formula is C13H16Cl2N2O3. The maximum absolute atomic E-state index is 11.8. The van der Waals surface area contributed by atoms with Crippen LogP contribution in [0.2, 0.25) is 10.0 Å². The van der Waals surface area contributed by atoms with Crippen molar-refractivity contribution in [3.63, 3.8) is 0 Å². The molecule has 0 aliphatic carbocycles. The minimum atomic E-state index is -1.10. The number of halogens is 2. The van der Waals surface area contributed by atoms with Crippen molar-refractivity contribution >= 4 is 40.9 Å². The first-order valence-electron chi connectivity index (χ1n) is 5.86. The largest absolute Gasteiger partial charge is 0.480 e. The number of carboxylic acids is 1. The van der Waals surface area contributed by atoms with Gasteiger partial charge in [-0.3, -0.25) is 0 Å². The van der Waals surface area contributed by atoms with E-state index in [1.54, 1.807) is 26.8 Å². The van der Waals surface area contributed by atoms with Gasteiger partial charge < -0.3 is 15.7 Å². The smallest absolute Gasteiger partial charge is 0.326 e. The first kappa shape index (κ1) is 16.6. The van der Waals surface area contributed by atoms with Gasteiger partial charge in [0.1, 0.15) is 6.04 Å². The van der Waals surface area contributed by atoms with Gasteiger partial charge in [0.25, 0.3) is 0 Å². The zero-order chi connectivity index (χ0) is 15.5. The Bertz CT molecular complexity index is 527. The average molecular weight is 319 g/mol. The maximum atomic E-state index is 11.8. The van der Waals surface area contributed by atoms with E-state index < -0.39 is 23.5 Å². The Morgan fingerprint density at radius 3 is 2.30 bits per heavy atom. The third-order valence-electron chi connectivity index (χ3n) is 2.57. The fourth-order valence-electron chi connectivity index (χ4n) is 1.53. The number of aliphatic carboxylic acids is 1. The van der Waals surface area contributed by atoms with Crippen LogP contribution in [0, 0.1) is 5.41 Å². The van der Waals surface area contributed by atoms with Gasteiger partial charge in [-0.1, -0.05) is 44.0 Å². The number of hydrogen-bond donors (Lipinski definition) is 3. The Morgan fingerprint density at radius 1 is 1.25 bits per heavy atom. The highest BCUT2D eigenvalue weighted by Gasteiger charge is 2.32. The van der Waals surface area contributed by atoms with Gasteiger partial charge in [0, 0.05) is 5.02 Å². The number of carboxylic acid groups (broad SMARTS) is 1. The molecule has 0 heterocycles. The Balaban J connectivity index is 2.79. The van der Waals surface area contributed by atoms with Crippen molar-refractivity contribution in [3.05, 3.63) is 28.2 Å². The second kappa shape index (κ2) is 6.33. The van der Waals surface area contributed by atoms with E-state index in [-0.39, 0.29) is 5.02 Å². The van der Waals surface area contributed by atoms with Crippen LogP contribution in [-0.2, 0) is 4.79 Å². The van der Waals surface area contributed by atoms with Gasteiger partial charge in [-0.2, -0.15) is 0 Å². The molecule has 1 aromatic carbocycles. The van der Waals surface area contributed by atoms with E-state index in [1.807, 2.05) is 0 Å². The number of benzene rings is 1. The summed E-state index contributed by atoms with van der Waals surface area (Å²) in [5.41, 5.74) is -0.265. The van der Waals surface area contributed by atoms with E-state index in [4.69, 9.17) is 28.3 Å². The number of urea groups is 1. The van der Waals surface area contributed by atoms with Crippen molar-refractivity contribution in [1.29, 1.82) is 0 Å². The fourth-order valence-corrected chi connectivity index (χ4v) is 1.98. The molecule has 0 radical (unpaired) electrons. The monoisotopic (exact) mass is 318 g/mol. The molecule has 1 rings (SSSR count). The van der Waals surface area contributed by atoms with Crippen LogP contribution in [0.4, 0.5) is 10.5 Å². The molecular weight excluding hydrogens is 303 g/mol. The Labute approximate surface area is 127 Å². The lowest BCUT2D eigenvalue weighted by molar-refractivity contribution is -0.141. The van der Waals surface area contributed by atoms with Gasteiger partial charge in [-0.15, -0.1) is 0 Å². The number of carbonyl (C=O) groups excluding carboxylic acids is 1. The molecule has 0 aromatic heterocycles. The molecule has 5 nitrogen and oxygen atoms in total. The van der Waals surface area contributed by atoms with Crippen LogP contribution in [0.1, 0.15) is 20.8 Å². The molecule has 0 unspecified atom stereocenters. The predicted octanol–water partition coefficient (Wildman–Crippen LogP) is 3.61. The van der Waals surface area contributed by atoms with Crippen LogP contribution in [0.5, 0.6) is 0 Å². The molecule has 1 aromatic rings. The van der Waals surface area contributed by atoms with E-state index >= 15 is 0 Å².